The number of rotatable bonds is 5. The van der Waals surface area contributed by atoms with Crippen molar-refractivity contribution in [2.24, 2.45) is 0 Å². The molecule has 0 bridgehead atoms. The molecule has 0 unspecified atom stereocenters. The number of carbonyl (C=O) groups excluding carboxylic acids is 3. The molecule has 3 amide bonds. The monoisotopic (exact) mass is 415 g/mol. The van der Waals surface area contributed by atoms with Gasteiger partial charge in [-0.1, -0.05) is 17.7 Å². The lowest BCUT2D eigenvalue weighted by atomic mass is 10.1. The van der Waals surface area contributed by atoms with Gasteiger partial charge in [0.25, 0.3) is 0 Å². The van der Waals surface area contributed by atoms with Crippen molar-refractivity contribution in [3.63, 3.8) is 0 Å². The summed E-state index contributed by atoms with van der Waals surface area (Å²) in [7, 11) is 1.50. The van der Waals surface area contributed by atoms with Crippen molar-refractivity contribution in [1.29, 1.82) is 0 Å². The quantitative estimate of drug-likeness (QED) is 0.761. The van der Waals surface area contributed by atoms with E-state index in [1.807, 2.05) is 32.0 Å². The lowest BCUT2D eigenvalue weighted by Gasteiger charge is -2.33. The highest BCUT2D eigenvalue weighted by Crippen LogP contribution is 2.27. The van der Waals surface area contributed by atoms with Crippen molar-refractivity contribution < 1.29 is 19.1 Å². The number of nitrogens with zero attached hydrogens (tertiary/aromatic N) is 2. The SMILES string of the molecule is COc1ccc(NC(=O)CN2CCN(c3cc(C)cc(C)c3)C(=O)C2=O)cc1Cl. The second-order valence-corrected chi connectivity index (χ2v) is 7.33. The number of hydrogen-bond acceptors (Lipinski definition) is 4. The highest BCUT2D eigenvalue weighted by Gasteiger charge is 2.34. The van der Waals surface area contributed by atoms with Gasteiger partial charge >= 0.3 is 11.8 Å². The van der Waals surface area contributed by atoms with Gasteiger partial charge in [0.2, 0.25) is 5.91 Å². The standard InChI is InChI=1S/C21H22ClN3O4/c1-13-8-14(2)10-16(9-13)25-7-6-24(20(27)21(25)28)12-19(26)23-15-4-5-18(29-3)17(22)11-15/h4-5,8-11H,6-7,12H2,1-3H3,(H,23,26). The first-order chi connectivity index (χ1) is 13.8. The summed E-state index contributed by atoms with van der Waals surface area (Å²) >= 11 is 6.05. The van der Waals surface area contributed by atoms with Gasteiger partial charge in [-0.25, -0.2) is 0 Å². The molecule has 2 aromatic rings. The van der Waals surface area contributed by atoms with Crippen LogP contribution in [0.5, 0.6) is 5.75 Å². The number of amides is 3. The lowest BCUT2D eigenvalue weighted by Crippen LogP contribution is -2.56. The normalized spacial score (nSPS) is 14.2. The Morgan fingerprint density at radius 1 is 1.07 bits per heavy atom. The zero-order valence-electron chi connectivity index (χ0n) is 16.5. The number of nitrogens with one attached hydrogen (secondary N) is 1. The van der Waals surface area contributed by atoms with E-state index in [1.165, 1.54) is 16.9 Å². The second kappa shape index (κ2) is 8.53. The maximum absolute atomic E-state index is 12.6. The second-order valence-electron chi connectivity index (χ2n) is 6.93. The first kappa shape index (κ1) is 20.7. The molecule has 1 fully saturated rings. The number of benzene rings is 2. The van der Waals surface area contributed by atoms with E-state index in [0.29, 0.717) is 28.7 Å². The lowest BCUT2D eigenvalue weighted by molar-refractivity contribution is -0.147. The smallest absolute Gasteiger partial charge is 0.316 e. The molecule has 152 valence electrons. The molecule has 1 aliphatic heterocycles. The van der Waals surface area contributed by atoms with Crippen LogP contribution in [0.25, 0.3) is 0 Å². The molecular weight excluding hydrogens is 394 g/mol. The van der Waals surface area contributed by atoms with Crippen LogP contribution in [0.2, 0.25) is 5.02 Å². The molecule has 29 heavy (non-hydrogen) atoms. The van der Waals surface area contributed by atoms with E-state index in [4.69, 9.17) is 16.3 Å². The minimum absolute atomic E-state index is 0.213. The van der Waals surface area contributed by atoms with Gasteiger partial charge in [0, 0.05) is 24.5 Å². The summed E-state index contributed by atoms with van der Waals surface area (Å²) in [6, 6.07) is 10.6. The summed E-state index contributed by atoms with van der Waals surface area (Å²) in [5.41, 5.74) is 3.20. The van der Waals surface area contributed by atoms with E-state index < -0.39 is 17.7 Å². The van der Waals surface area contributed by atoms with Crippen molar-refractivity contribution in [2.75, 3.05) is 37.0 Å². The molecule has 7 nitrogen and oxygen atoms in total. The van der Waals surface area contributed by atoms with E-state index >= 15 is 0 Å². The molecule has 0 aliphatic carbocycles. The number of aryl methyl sites for hydroxylation is 2. The van der Waals surface area contributed by atoms with Gasteiger partial charge in [-0.05, 0) is 55.3 Å². The predicted octanol–water partition coefficient (Wildman–Crippen LogP) is 2.78. The van der Waals surface area contributed by atoms with Crippen LogP contribution in [0.3, 0.4) is 0 Å². The minimum atomic E-state index is -0.696. The van der Waals surface area contributed by atoms with Gasteiger partial charge in [-0.3, -0.25) is 14.4 Å². The van der Waals surface area contributed by atoms with Gasteiger partial charge in [-0.15, -0.1) is 0 Å². The number of hydrogen-bond donors (Lipinski definition) is 1. The van der Waals surface area contributed by atoms with Gasteiger partial charge in [-0.2, -0.15) is 0 Å². The predicted molar refractivity (Wildman–Crippen MR) is 111 cm³/mol. The first-order valence-corrected chi connectivity index (χ1v) is 9.48. The number of ether oxygens (including phenoxy) is 1. The van der Waals surface area contributed by atoms with Gasteiger partial charge in [0.05, 0.1) is 12.1 Å². The number of carbonyl (C=O) groups is 3. The van der Waals surface area contributed by atoms with Crippen LogP contribution in [-0.2, 0) is 14.4 Å². The maximum atomic E-state index is 12.6. The van der Waals surface area contributed by atoms with Crippen LogP contribution >= 0.6 is 11.6 Å². The molecule has 0 saturated carbocycles. The van der Waals surface area contributed by atoms with Gasteiger partial charge in [0.15, 0.2) is 0 Å². The highest BCUT2D eigenvalue weighted by atomic mass is 35.5. The summed E-state index contributed by atoms with van der Waals surface area (Å²) in [5.74, 6) is -1.25. The Hall–Kier alpha value is -3.06. The van der Waals surface area contributed by atoms with Crippen LogP contribution in [-0.4, -0.2) is 49.4 Å². The minimum Gasteiger partial charge on any atom is -0.495 e. The molecule has 0 spiro atoms. The van der Waals surface area contributed by atoms with Crippen LogP contribution in [0.1, 0.15) is 11.1 Å². The number of piperazine rings is 1. The fraction of sp³-hybridized carbons (Fsp3) is 0.286. The molecule has 1 aliphatic rings. The molecule has 1 N–H and O–H groups in total. The highest BCUT2D eigenvalue weighted by molar-refractivity contribution is 6.41. The fourth-order valence-electron chi connectivity index (χ4n) is 3.30. The Kier molecular flexibility index (Phi) is 6.08. The Balaban J connectivity index is 1.64. The fourth-order valence-corrected chi connectivity index (χ4v) is 3.55. The molecule has 0 radical (unpaired) electrons. The summed E-state index contributed by atoms with van der Waals surface area (Å²) in [5, 5.41) is 3.04. The average Bonchev–Trinajstić information content (AvgIpc) is 2.65. The van der Waals surface area contributed by atoms with Crippen molar-refractivity contribution >= 4 is 40.7 Å². The zero-order valence-corrected chi connectivity index (χ0v) is 17.2. The Labute approximate surface area is 174 Å². The molecule has 1 saturated heterocycles. The van der Waals surface area contributed by atoms with E-state index in [1.54, 1.807) is 18.2 Å². The number of methoxy groups -OCH3 is 1. The molecule has 8 heteroatoms. The molecule has 1 heterocycles. The number of halogens is 1. The van der Waals surface area contributed by atoms with Gasteiger partial charge < -0.3 is 19.9 Å². The van der Waals surface area contributed by atoms with Crippen LogP contribution in [0, 0.1) is 13.8 Å². The summed E-state index contributed by atoms with van der Waals surface area (Å²) < 4.78 is 5.07. The molecule has 2 aromatic carbocycles. The largest absolute Gasteiger partial charge is 0.495 e. The van der Waals surface area contributed by atoms with Crippen LogP contribution in [0.15, 0.2) is 36.4 Å². The zero-order chi connectivity index (χ0) is 21.1. The molecule has 0 aromatic heterocycles. The Morgan fingerprint density at radius 2 is 1.76 bits per heavy atom. The van der Waals surface area contributed by atoms with E-state index in [2.05, 4.69) is 5.32 Å². The molecule has 3 rings (SSSR count). The molecular formula is C21H22ClN3O4. The van der Waals surface area contributed by atoms with Crippen LogP contribution in [0.4, 0.5) is 11.4 Å². The van der Waals surface area contributed by atoms with Gasteiger partial charge in [0.1, 0.15) is 12.3 Å². The first-order valence-electron chi connectivity index (χ1n) is 9.11. The Bertz CT molecular complexity index is 956. The molecule has 0 atom stereocenters. The summed E-state index contributed by atoms with van der Waals surface area (Å²) in [6.45, 7) is 4.27. The van der Waals surface area contributed by atoms with E-state index in [9.17, 15) is 14.4 Å². The third-order valence-electron chi connectivity index (χ3n) is 4.60. The van der Waals surface area contributed by atoms with Crippen molar-refractivity contribution in [2.45, 2.75) is 13.8 Å². The topological polar surface area (TPSA) is 79.0 Å². The van der Waals surface area contributed by atoms with Crippen molar-refractivity contribution in [3.8, 4) is 5.75 Å². The third kappa shape index (κ3) is 4.68. The Morgan fingerprint density at radius 3 is 2.38 bits per heavy atom. The third-order valence-corrected chi connectivity index (χ3v) is 4.89. The van der Waals surface area contributed by atoms with Crippen molar-refractivity contribution in [3.05, 3.63) is 52.5 Å². The van der Waals surface area contributed by atoms with E-state index in [-0.39, 0.29) is 13.1 Å². The number of anilines is 2. The summed E-state index contributed by atoms with van der Waals surface area (Å²) in [4.78, 5) is 40.2. The van der Waals surface area contributed by atoms with E-state index in [0.717, 1.165) is 11.1 Å². The summed E-state index contributed by atoms with van der Waals surface area (Å²) in [6.07, 6.45) is 0. The maximum Gasteiger partial charge on any atom is 0.316 e. The van der Waals surface area contributed by atoms with Crippen LogP contribution < -0.4 is 15.0 Å². The van der Waals surface area contributed by atoms with Crippen molar-refractivity contribution in [1.82, 2.24) is 4.90 Å². The average molecular weight is 416 g/mol.